The highest BCUT2D eigenvalue weighted by Gasteiger charge is 2.29. The van der Waals surface area contributed by atoms with Gasteiger partial charge in [-0.05, 0) is 33.4 Å². The number of benzene rings is 3. The van der Waals surface area contributed by atoms with Gasteiger partial charge in [0.25, 0.3) is 0 Å². The lowest BCUT2D eigenvalue weighted by Crippen LogP contribution is -2.42. The number of nitrogens with one attached hydrogen (secondary N) is 1. The zero-order valence-electron chi connectivity index (χ0n) is 17.0. The summed E-state index contributed by atoms with van der Waals surface area (Å²) in [5.41, 5.74) is 11.8. The number of hydrogen-bond donors (Lipinski definition) is 3. The highest BCUT2D eigenvalue weighted by molar-refractivity contribution is 5.81. The van der Waals surface area contributed by atoms with Crippen molar-refractivity contribution in [2.75, 3.05) is 6.61 Å². The number of carboxylic acids is 1. The third-order valence-electron chi connectivity index (χ3n) is 5.63. The molecule has 3 aromatic carbocycles. The van der Waals surface area contributed by atoms with Crippen LogP contribution in [0.15, 0.2) is 72.8 Å². The molecule has 0 aliphatic heterocycles. The molecular weight excluding hydrogens is 392 g/mol. The van der Waals surface area contributed by atoms with Gasteiger partial charge in [0.05, 0.1) is 0 Å². The van der Waals surface area contributed by atoms with Crippen molar-refractivity contribution in [1.29, 1.82) is 0 Å². The summed E-state index contributed by atoms with van der Waals surface area (Å²) in [5, 5.41) is 12.0. The van der Waals surface area contributed by atoms with Crippen LogP contribution in [0, 0.1) is 0 Å². The van der Waals surface area contributed by atoms with Crippen LogP contribution in [-0.4, -0.2) is 29.8 Å². The number of nitrogens with two attached hydrogens (primary N) is 1. The molecule has 0 spiro atoms. The topological polar surface area (TPSA) is 102 Å². The highest BCUT2D eigenvalue weighted by Crippen LogP contribution is 2.44. The Kier molecular flexibility index (Phi) is 6.00. The molecule has 0 saturated carbocycles. The minimum absolute atomic E-state index is 0.0785. The van der Waals surface area contributed by atoms with E-state index < -0.39 is 18.1 Å². The fraction of sp³-hybridized carbons (Fsp3) is 0.200. The van der Waals surface area contributed by atoms with Crippen LogP contribution in [0.3, 0.4) is 0 Å². The van der Waals surface area contributed by atoms with Gasteiger partial charge in [0.15, 0.2) is 0 Å². The molecule has 1 aliphatic rings. The molecule has 0 saturated heterocycles. The summed E-state index contributed by atoms with van der Waals surface area (Å²) in [6, 6.07) is 22.3. The molecule has 6 nitrogen and oxygen atoms in total. The van der Waals surface area contributed by atoms with Gasteiger partial charge in [0.2, 0.25) is 0 Å². The summed E-state index contributed by atoms with van der Waals surface area (Å²) in [4.78, 5) is 24.1. The Hall–Kier alpha value is -3.64. The predicted octanol–water partition coefficient (Wildman–Crippen LogP) is 3.68. The van der Waals surface area contributed by atoms with Crippen LogP contribution < -0.4 is 11.1 Å². The van der Waals surface area contributed by atoms with Gasteiger partial charge in [-0.25, -0.2) is 9.59 Å². The van der Waals surface area contributed by atoms with Crippen molar-refractivity contribution in [2.45, 2.75) is 24.9 Å². The Morgan fingerprint density at radius 2 is 1.45 bits per heavy atom. The summed E-state index contributed by atoms with van der Waals surface area (Å²) >= 11 is 0. The maximum atomic E-state index is 12.4. The minimum atomic E-state index is -1.11. The Bertz CT molecular complexity index is 1050. The molecule has 0 aromatic heterocycles. The zero-order valence-corrected chi connectivity index (χ0v) is 17.0. The second-order valence-corrected chi connectivity index (χ2v) is 7.59. The second kappa shape index (κ2) is 9.02. The number of aliphatic carboxylic acids is 1. The van der Waals surface area contributed by atoms with E-state index >= 15 is 0 Å². The lowest BCUT2D eigenvalue weighted by atomic mass is 9.98. The molecule has 0 unspecified atom stereocenters. The average Bonchev–Trinajstić information content (AvgIpc) is 3.11. The molecule has 6 heteroatoms. The Balaban J connectivity index is 1.41. The number of amides is 1. The molecular formula is C25H24N2O4. The molecule has 1 aliphatic carbocycles. The third kappa shape index (κ3) is 4.44. The molecule has 0 fully saturated rings. The first kappa shape index (κ1) is 20.6. The van der Waals surface area contributed by atoms with E-state index in [9.17, 15) is 14.7 Å². The van der Waals surface area contributed by atoms with Crippen molar-refractivity contribution in [3.8, 4) is 11.1 Å². The van der Waals surface area contributed by atoms with E-state index in [1.807, 2.05) is 60.7 Å². The molecule has 0 radical (unpaired) electrons. The van der Waals surface area contributed by atoms with E-state index in [-0.39, 0.29) is 18.9 Å². The first-order valence-corrected chi connectivity index (χ1v) is 10.2. The fourth-order valence-electron chi connectivity index (χ4n) is 4.03. The van der Waals surface area contributed by atoms with Gasteiger partial charge in [-0.15, -0.1) is 0 Å². The van der Waals surface area contributed by atoms with Gasteiger partial charge in [0.1, 0.15) is 12.6 Å². The summed E-state index contributed by atoms with van der Waals surface area (Å²) in [5.74, 6) is -1.19. The molecule has 3 aromatic rings. The third-order valence-corrected chi connectivity index (χ3v) is 5.63. The van der Waals surface area contributed by atoms with Crippen molar-refractivity contribution in [1.82, 2.24) is 5.32 Å². The van der Waals surface area contributed by atoms with Gasteiger partial charge in [-0.1, -0.05) is 72.8 Å². The Labute approximate surface area is 180 Å². The van der Waals surface area contributed by atoms with Gasteiger partial charge < -0.3 is 20.9 Å². The zero-order chi connectivity index (χ0) is 21.8. The van der Waals surface area contributed by atoms with E-state index in [0.29, 0.717) is 6.54 Å². The first-order valence-electron chi connectivity index (χ1n) is 10.2. The van der Waals surface area contributed by atoms with Crippen molar-refractivity contribution in [2.24, 2.45) is 5.73 Å². The molecule has 158 valence electrons. The van der Waals surface area contributed by atoms with Crippen LogP contribution in [0.2, 0.25) is 0 Å². The number of carbonyl (C=O) groups excluding carboxylic acids is 1. The molecule has 1 atom stereocenters. The molecule has 0 heterocycles. The molecule has 4 N–H and O–H groups in total. The second-order valence-electron chi connectivity index (χ2n) is 7.59. The van der Waals surface area contributed by atoms with Crippen molar-refractivity contribution < 1.29 is 19.4 Å². The van der Waals surface area contributed by atoms with Crippen LogP contribution in [0.25, 0.3) is 11.1 Å². The van der Waals surface area contributed by atoms with E-state index in [1.54, 1.807) is 0 Å². The number of rotatable bonds is 7. The number of alkyl carbamates (subject to hydrolysis) is 1. The largest absolute Gasteiger partial charge is 0.480 e. The van der Waals surface area contributed by atoms with Crippen LogP contribution in [0.4, 0.5) is 4.79 Å². The van der Waals surface area contributed by atoms with Gasteiger partial charge >= 0.3 is 12.1 Å². The molecule has 1 amide bonds. The van der Waals surface area contributed by atoms with Gasteiger partial charge in [-0.2, -0.15) is 0 Å². The van der Waals surface area contributed by atoms with E-state index in [0.717, 1.165) is 33.4 Å². The number of hydrogen-bond acceptors (Lipinski definition) is 4. The van der Waals surface area contributed by atoms with Crippen LogP contribution in [-0.2, 0) is 22.5 Å². The molecule has 31 heavy (non-hydrogen) atoms. The van der Waals surface area contributed by atoms with Crippen molar-refractivity contribution in [3.63, 3.8) is 0 Å². The molecule has 4 rings (SSSR count). The number of carboxylic acid groups (broad SMARTS) is 1. The van der Waals surface area contributed by atoms with Crippen LogP contribution in [0.5, 0.6) is 0 Å². The van der Waals surface area contributed by atoms with Crippen LogP contribution >= 0.6 is 0 Å². The van der Waals surface area contributed by atoms with Crippen molar-refractivity contribution >= 4 is 12.1 Å². The van der Waals surface area contributed by atoms with Crippen molar-refractivity contribution in [3.05, 3.63) is 95.1 Å². The maximum absolute atomic E-state index is 12.4. The first-order chi connectivity index (χ1) is 15.1. The summed E-state index contributed by atoms with van der Waals surface area (Å²) in [6.45, 7) is 0.554. The van der Waals surface area contributed by atoms with Gasteiger partial charge in [-0.3, -0.25) is 0 Å². The quantitative estimate of drug-likeness (QED) is 0.545. The number of carbonyl (C=O) groups is 2. The lowest BCUT2D eigenvalue weighted by molar-refractivity contribution is -0.139. The molecule has 0 bridgehead atoms. The summed E-state index contributed by atoms with van der Waals surface area (Å²) in [7, 11) is 0. The average molecular weight is 416 g/mol. The smallest absolute Gasteiger partial charge is 0.407 e. The van der Waals surface area contributed by atoms with E-state index in [2.05, 4.69) is 17.4 Å². The van der Waals surface area contributed by atoms with E-state index in [4.69, 9.17) is 10.5 Å². The standard InChI is InChI=1S/C25H24N2O4/c26-14-17-11-9-16(10-12-17)13-23(24(28)29)27-25(30)31-15-22-20-7-3-1-5-18(20)19-6-2-4-8-21(19)22/h1-12,22-23H,13-15,26H2,(H,27,30)(H,28,29)/t23-/m0/s1. The van der Waals surface area contributed by atoms with E-state index in [1.165, 1.54) is 0 Å². The minimum Gasteiger partial charge on any atom is -0.480 e. The number of fused-ring (bicyclic) bond motifs is 3. The van der Waals surface area contributed by atoms with Gasteiger partial charge in [0, 0.05) is 18.9 Å². The predicted molar refractivity (Wildman–Crippen MR) is 118 cm³/mol. The fourth-order valence-corrected chi connectivity index (χ4v) is 4.03. The summed E-state index contributed by atoms with van der Waals surface area (Å²) in [6.07, 6.45) is -0.586. The van der Waals surface area contributed by atoms with Crippen LogP contribution in [0.1, 0.15) is 28.2 Å². The SMILES string of the molecule is NCc1ccc(C[C@H](NC(=O)OCC2c3ccccc3-c3ccccc32)C(=O)O)cc1. The maximum Gasteiger partial charge on any atom is 0.407 e. The normalized spacial score (nSPS) is 13.2. The monoisotopic (exact) mass is 416 g/mol. The summed E-state index contributed by atoms with van der Waals surface area (Å²) < 4.78 is 5.46. The highest BCUT2D eigenvalue weighted by atomic mass is 16.5. The number of ether oxygens (including phenoxy) is 1. The Morgan fingerprint density at radius 3 is 2.00 bits per heavy atom. The Morgan fingerprint density at radius 1 is 0.903 bits per heavy atom. The lowest BCUT2D eigenvalue weighted by Gasteiger charge is -2.17.